The molecule has 13 heteroatoms. The van der Waals surface area contributed by atoms with Gasteiger partial charge >= 0.3 is 6.01 Å². The Hall–Kier alpha value is -4.39. The lowest BCUT2D eigenvalue weighted by Gasteiger charge is -2.13. The van der Waals surface area contributed by atoms with Crippen molar-refractivity contribution in [3.8, 4) is 23.4 Å². The number of ether oxygens (including phenoxy) is 2. The number of methoxy groups -OCH3 is 2. The molecule has 1 aromatic carbocycles. The first-order valence-electron chi connectivity index (χ1n) is 9.70. The van der Waals surface area contributed by atoms with Gasteiger partial charge in [0.05, 0.1) is 30.5 Å². The fraction of sp³-hybridized carbons (Fsp3) is 0.250. The van der Waals surface area contributed by atoms with Gasteiger partial charge in [-0.25, -0.2) is 9.25 Å². The maximum atomic E-state index is 13.6. The van der Waals surface area contributed by atoms with E-state index in [1.807, 2.05) is 19.0 Å². The van der Waals surface area contributed by atoms with Crippen LogP contribution in [0.3, 0.4) is 0 Å². The Labute approximate surface area is 187 Å². The van der Waals surface area contributed by atoms with Gasteiger partial charge in [-0.1, -0.05) is 0 Å². The van der Waals surface area contributed by atoms with E-state index in [-0.39, 0.29) is 28.5 Å². The molecule has 4 aromatic rings. The van der Waals surface area contributed by atoms with Crippen molar-refractivity contribution in [2.75, 3.05) is 28.3 Å². The zero-order valence-electron chi connectivity index (χ0n) is 18.3. The second-order valence-corrected chi connectivity index (χ2v) is 7.24. The van der Waals surface area contributed by atoms with Crippen LogP contribution in [0.2, 0.25) is 0 Å². The van der Waals surface area contributed by atoms with Crippen LogP contribution in [0.25, 0.3) is 22.5 Å². The SMILES string of the molecule is COc1ccc(-n2c(OC)nc3nn(-c4ccc([N+](=O)[O-])cc4)c(CN(C)C)c3c2=O)nn1. The standard InChI is InChI=1S/C20H20N8O5/c1-25(2)11-14-17-18(24-27(14)12-5-7-13(8-6-12)28(30)31)21-20(33-4)26(19(17)29)15-9-10-16(32-3)23-22-15/h5-10H,11H2,1-4H3. The van der Waals surface area contributed by atoms with Crippen molar-refractivity contribution >= 4 is 16.7 Å². The fourth-order valence-electron chi connectivity index (χ4n) is 3.33. The highest BCUT2D eigenvalue weighted by molar-refractivity contribution is 5.78. The summed E-state index contributed by atoms with van der Waals surface area (Å²) in [5.41, 5.74) is 0.778. The highest BCUT2D eigenvalue weighted by Crippen LogP contribution is 2.24. The molecule has 0 saturated heterocycles. The molecule has 3 heterocycles. The number of nitrogens with zero attached hydrogens (tertiary/aromatic N) is 8. The average Bonchev–Trinajstić information content (AvgIpc) is 3.16. The molecule has 0 unspecified atom stereocenters. The number of nitro benzene ring substituents is 1. The van der Waals surface area contributed by atoms with Gasteiger partial charge in [-0.2, -0.15) is 4.98 Å². The molecule has 33 heavy (non-hydrogen) atoms. The van der Waals surface area contributed by atoms with Crippen molar-refractivity contribution < 1.29 is 14.4 Å². The van der Waals surface area contributed by atoms with E-state index in [4.69, 9.17) is 9.47 Å². The summed E-state index contributed by atoms with van der Waals surface area (Å²) in [6.07, 6.45) is 0. The van der Waals surface area contributed by atoms with Gasteiger partial charge in [0.25, 0.3) is 11.2 Å². The molecule has 0 aliphatic rings. The van der Waals surface area contributed by atoms with Crippen molar-refractivity contribution in [3.63, 3.8) is 0 Å². The minimum absolute atomic E-state index is 0.0169. The summed E-state index contributed by atoms with van der Waals surface area (Å²) in [5, 5.41) is 23.7. The Balaban J connectivity index is 1.98. The molecule has 13 nitrogen and oxygen atoms in total. The predicted octanol–water partition coefficient (Wildman–Crippen LogP) is 1.35. The highest BCUT2D eigenvalue weighted by atomic mass is 16.6. The number of non-ortho nitro benzene ring substituents is 1. The maximum Gasteiger partial charge on any atom is 0.307 e. The van der Waals surface area contributed by atoms with E-state index in [0.29, 0.717) is 23.8 Å². The highest BCUT2D eigenvalue weighted by Gasteiger charge is 2.23. The summed E-state index contributed by atoms with van der Waals surface area (Å²) in [6, 6.07) is 8.99. The molecule has 0 radical (unpaired) electrons. The lowest BCUT2D eigenvalue weighted by atomic mass is 10.2. The Morgan fingerprint density at radius 1 is 1.06 bits per heavy atom. The van der Waals surface area contributed by atoms with Crippen LogP contribution >= 0.6 is 0 Å². The molecule has 3 aromatic heterocycles. The van der Waals surface area contributed by atoms with E-state index in [1.54, 1.807) is 28.9 Å². The number of nitro groups is 1. The molecule has 0 saturated carbocycles. The zero-order chi connectivity index (χ0) is 23.7. The molecule has 4 rings (SSSR count). The number of hydrogen-bond donors (Lipinski definition) is 0. The first kappa shape index (κ1) is 21.8. The molecule has 0 N–H and O–H groups in total. The van der Waals surface area contributed by atoms with Crippen LogP contribution in [-0.2, 0) is 6.54 Å². The van der Waals surface area contributed by atoms with E-state index < -0.39 is 10.5 Å². The van der Waals surface area contributed by atoms with Crippen molar-refractivity contribution in [1.29, 1.82) is 0 Å². The topological polar surface area (TPSA) is 143 Å². The van der Waals surface area contributed by atoms with Crippen molar-refractivity contribution in [1.82, 2.24) is 34.4 Å². The third kappa shape index (κ3) is 3.96. The number of hydrogen-bond acceptors (Lipinski definition) is 10. The Kier molecular flexibility index (Phi) is 5.70. The smallest absolute Gasteiger partial charge is 0.307 e. The van der Waals surface area contributed by atoms with Crippen LogP contribution in [0.4, 0.5) is 5.69 Å². The molecular formula is C20H20N8O5. The molecule has 0 aliphatic carbocycles. The van der Waals surface area contributed by atoms with E-state index in [0.717, 1.165) is 0 Å². The second kappa shape index (κ2) is 8.63. The first-order valence-corrected chi connectivity index (χ1v) is 9.70. The summed E-state index contributed by atoms with van der Waals surface area (Å²) in [7, 11) is 6.55. The maximum absolute atomic E-state index is 13.6. The van der Waals surface area contributed by atoms with E-state index in [9.17, 15) is 14.9 Å². The van der Waals surface area contributed by atoms with Crippen molar-refractivity contribution in [2.24, 2.45) is 0 Å². The third-order valence-electron chi connectivity index (χ3n) is 4.79. The fourth-order valence-corrected chi connectivity index (χ4v) is 3.33. The van der Waals surface area contributed by atoms with Crippen LogP contribution in [-0.4, -0.2) is 67.7 Å². The quantitative estimate of drug-likeness (QED) is 0.298. The minimum Gasteiger partial charge on any atom is -0.480 e. The van der Waals surface area contributed by atoms with Gasteiger partial charge in [0.15, 0.2) is 11.5 Å². The number of fused-ring (bicyclic) bond motifs is 1. The molecule has 0 spiro atoms. The summed E-state index contributed by atoms with van der Waals surface area (Å²) in [4.78, 5) is 30.5. The normalized spacial score (nSPS) is 11.2. The number of rotatable bonds is 7. The molecular weight excluding hydrogens is 432 g/mol. The Bertz CT molecular complexity index is 1380. The van der Waals surface area contributed by atoms with E-state index in [2.05, 4.69) is 20.3 Å². The Morgan fingerprint density at radius 3 is 2.33 bits per heavy atom. The van der Waals surface area contributed by atoms with Gasteiger partial charge in [0.2, 0.25) is 5.88 Å². The molecule has 170 valence electrons. The van der Waals surface area contributed by atoms with Gasteiger partial charge < -0.3 is 14.4 Å². The second-order valence-electron chi connectivity index (χ2n) is 7.24. The largest absolute Gasteiger partial charge is 0.480 e. The van der Waals surface area contributed by atoms with Crippen LogP contribution < -0.4 is 15.0 Å². The number of benzene rings is 1. The molecule has 0 atom stereocenters. The van der Waals surface area contributed by atoms with Gasteiger partial charge in [0, 0.05) is 24.7 Å². The Morgan fingerprint density at radius 2 is 1.79 bits per heavy atom. The van der Waals surface area contributed by atoms with Crippen LogP contribution in [0, 0.1) is 10.1 Å². The van der Waals surface area contributed by atoms with Gasteiger partial charge in [-0.3, -0.25) is 14.9 Å². The molecule has 0 bridgehead atoms. The lowest BCUT2D eigenvalue weighted by Crippen LogP contribution is -2.24. The summed E-state index contributed by atoms with van der Waals surface area (Å²) >= 11 is 0. The summed E-state index contributed by atoms with van der Waals surface area (Å²) in [5.74, 6) is 0.491. The van der Waals surface area contributed by atoms with Crippen LogP contribution in [0.1, 0.15) is 5.69 Å². The van der Waals surface area contributed by atoms with Gasteiger partial charge in [0.1, 0.15) is 5.39 Å². The summed E-state index contributed by atoms with van der Waals surface area (Å²) in [6.45, 7) is 0.352. The predicted molar refractivity (Wildman–Crippen MR) is 117 cm³/mol. The van der Waals surface area contributed by atoms with E-state index in [1.165, 1.54) is 30.9 Å². The molecule has 0 aliphatic heterocycles. The summed E-state index contributed by atoms with van der Waals surface area (Å²) < 4.78 is 13.1. The van der Waals surface area contributed by atoms with Crippen LogP contribution in [0.5, 0.6) is 11.9 Å². The van der Waals surface area contributed by atoms with E-state index >= 15 is 0 Å². The monoisotopic (exact) mass is 452 g/mol. The third-order valence-corrected chi connectivity index (χ3v) is 4.79. The zero-order valence-corrected chi connectivity index (χ0v) is 18.3. The van der Waals surface area contributed by atoms with Crippen molar-refractivity contribution in [2.45, 2.75) is 6.54 Å². The van der Waals surface area contributed by atoms with Gasteiger partial charge in [-0.15, -0.1) is 15.3 Å². The van der Waals surface area contributed by atoms with Crippen LogP contribution in [0.15, 0.2) is 41.2 Å². The first-order chi connectivity index (χ1) is 15.8. The average molecular weight is 452 g/mol. The molecule has 0 amide bonds. The van der Waals surface area contributed by atoms with Crippen molar-refractivity contribution in [3.05, 3.63) is 62.6 Å². The number of aromatic nitrogens is 6. The molecule has 0 fully saturated rings. The lowest BCUT2D eigenvalue weighted by molar-refractivity contribution is -0.384. The van der Waals surface area contributed by atoms with Gasteiger partial charge in [-0.05, 0) is 32.3 Å². The minimum atomic E-state index is -0.481.